The van der Waals surface area contributed by atoms with Crippen molar-refractivity contribution in [2.45, 2.75) is 30.5 Å². The molecule has 1 atom stereocenters. The number of carboxylic acid groups (broad SMARTS) is 1. The van der Waals surface area contributed by atoms with Crippen molar-refractivity contribution in [2.75, 3.05) is 11.9 Å². The molecule has 0 aliphatic carbocycles. The van der Waals surface area contributed by atoms with E-state index < -0.39 is 5.97 Å². The normalized spacial score (nSPS) is 12.1. The molecule has 0 radical (unpaired) electrons. The molecule has 88 valence electrons. The first kappa shape index (κ1) is 14.9. The second-order valence-corrected chi connectivity index (χ2v) is 4.87. The van der Waals surface area contributed by atoms with Gasteiger partial charge in [-0.25, -0.2) is 0 Å². The van der Waals surface area contributed by atoms with Crippen LogP contribution in [0.25, 0.3) is 0 Å². The summed E-state index contributed by atoms with van der Waals surface area (Å²) in [6, 6.07) is 0. The van der Waals surface area contributed by atoms with Gasteiger partial charge in [0.05, 0.1) is 0 Å². The highest BCUT2D eigenvalue weighted by molar-refractivity contribution is 9.12. The Kier molecular flexibility index (Phi) is 9.09. The van der Waals surface area contributed by atoms with Gasteiger partial charge < -0.3 is 10.4 Å². The van der Waals surface area contributed by atoms with E-state index in [0.717, 1.165) is 12.8 Å². The fraction of sp³-hybridized carbons (Fsp3) is 0.778. The largest absolute Gasteiger partial charge is 0.481 e. The van der Waals surface area contributed by atoms with E-state index in [4.69, 9.17) is 5.11 Å². The maximum absolute atomic E-state index is 11.2. The Bertz CT molecular complexity index is 212. The Balaban J connectivity index is 3.31. The molecule has 0 aliphatic heterocycles. The van der Waals surface area contributed by atoms with Crippen molar-refractivity contribution < 1.29 is 14.7 Å². The highest BCUT2D eigenvalue weighted by atomic mass is 79.9. The van der Waals surface area contributed by atoms with Gasteiger partial charge in [0, 0.05) is 18.3 Å². The number of carbonyl (C=O) groups excluding carboxylic acids is 1. The summed E-state index contributed by atoms with van der Waals surface area (Å²) in [6.07, 6.45) is 2.52. The lowest BCUT2D eigenvalue weighted by Gasteiger charge is -2.07. The SMILES string of the molecule is O=C(O)CCCCCNC(=O)C(Br)CBr. The van der Waals surface area contributed by atoms with Crippen molar-refractivity contribution in [3.63, 3.8) is 0 Å². The maximum atomic E-state index is 11.2. The van der Waals surface area contributed by atoms with Crippen LogP contribution in [0.3, 0.4) is 0 Å². The Labute approximate surface area is 106 Å². The Morgan fingerprint density at radius 3 is 2.47 bits per heavy atom. The number of halogens is 2. The lowest BCUT2D eigenvalue weighted by atomic mass is 10.2. The van der Waals surface area contributed by atoms with E-state index in [1.165, 1.54) is 0 Å². The molecule has 1 unspecified atom stereocenters. The summed E-state index contributed by atoms with van der Waals surface area (Å²) < 4.78 is 0. The predicted molar refractivity (Wildman–Crippen MR) is 65.6 cm³/mol. The molecule has 0 fully saturated rings. The molecule has 0 saturated carbocycles. The van der Waals surface area contributed by atoms with Gasteiger partial charge in [0.2, 0.25) is 5.91 Å². The number of aliphatic carboxylic acids is 1. The molecule has 15 heavy (non-hydrogen) atoms. The summed E-state index contributed by atoms with van der Waals surface area (Å²) in [5.41, 5.74) is 0. The number of rotatable bonds is 8. The molecule has 0 aromatic rings. The average Bonchev–Trinajstić information content (AvgIpc) is 2.21. The van der Waals surface area contributed by atoms with Crippen LogP contribution in [0.4, 0.5) is 0 Å². The zero-order valence-electron chi connectivity index (χ0n) is 8.34. The number of unbranched alkanes of at least 4 members (excludes halogenated alkanes) is 2. The summed E-state index contributed by atoms with van der Waals surface area (Å²) in [6.45, 7) is 0.605. The number of alkyl halides is 2. The quantitative estimate of drug-likeness (QED) is 0.522. The van der Waals surface area contributed by atoms with E-state index in [2.05, 4.69) is 37.2 Å². The number of amides is 1. The summed E-state index contributed by atoms with van der Waals surface area (Å²) in [4.78, 5) is 21.2. The molecule has 0 spiro atoms. The van der Waals surface area contributed by atoms with Crippen molar-refractivity contribution in [3.8, 4) is 0 Å². The second kappa shape index (κ2) is 9.15. The number of carboxylic acids is 1. The van der Waals surface area contributed by atoms with Gasteiger partial charge in [-0.3, -0.25) is 9.59 Å². The van der Waals surface area contributed by atoms with Crippen molar-refractivity contribution >= 4 is 43.7 Å². The van der Waals surface area contributed by atoms with Crippen molar-refractivity contribution in [1.29, 1.82) is 0 Å². The van der Waals surface area contributed by atoms with Crippen LogP contribution in [0.5, 0.6) is 0 Å². The van der Waals surface area contributed by atoms with Crippen LogP contribution in [0, 0.1) is 0 Å². The van der Waals surface area contributed by atoms with Gasteiger partial charge in [-0.1, -0.05) is 38.3 Å². The summed E-state index contributed by atoms with van der Waals surface area (Å²) >= 11 is 6.40. The highest BCUT2D eigenvalue weighted by Crippen LogP contribution is 2.03. The van der Waals surface area contributed by atoms with Crippen molar-refractivity contribution in [1.82, 2.24) is 5.32 Å². The molecule has 6 heteroatoms. The zero-order valence-corrected chi connectivity index (χ0v) is 11.5. The molecule has 4 nitrogen and oxygen atoms in total. The standard InChI is InChI=1S/C9H15Br2NO3/c10-6-7(11)9(15)12-5-3-1-2-4-8(13)14/h7H,1-6H2,(H,12,15)(H,13,14). The van der Waals surface area contributed by atoms with Crippen LogP contribution in [-0.2, 0) is 9.59 Å². The third kappa shape index (κ3) is 8.87. The smallest absolute Gasteiger partial charge is 0.303 e. The van der Waals surface area contributed by atoms with E-state index in [9.17, 15) is 9.59 Å². The predicted octanol–water partition coefficient (Wildman–Crippen LogP) is 1.91. The van der Waals surface area contributed by atoms with Crippen LogP contribution < -0.4 is 5.32 Å². The van der Waals surface area contributed by atoms with Gasteiger partial charge >= 0.3 is 5.97 Å². The number of carbonyl (C=O) groups is 2. The first-order chi connectivity index (χ1) is 7.07. The van der Waals surface area contributed by atoms with Crippen LogP contribution in [0.2, 0.25) is 0 Å². The first-order valence-electron chi connectivity index (χ1n) is 4.77. The zero-order chi connectivity index (χ0) is 11.7. The van der Waals surface area contributed by atoms with Crippen LogP contribution >= 0.6 is 31.9 Å². The molecular formula is C9H15Br2NO3. The third-order valence-corrected chi connectivity index (χ3v) is 4.04. The van der Waals surface area contributed by atoms with Gasteiger partial charge in [0.15, 0.2) is 0 Å². The topological polar surface area (TPSA) is 66.4 Å². The fourth-order valence-corrected chi connectivity index (χ4v) is 1.43. The lowest BCUT2D eigenvalue weighted by molar-refractivity contribution is -0.137. The minimum atomic E-state index is -0.765. The number of hydrogen-bond donors (Lipinski definition) is 2. The van der Waals surface area contributed by atoms with E-state index in [0.29, 0.717) is 18.3 Å². The summed E-state index contributed by atoms with van der Waals surface area (Å²) in [5.74, 6) is -0.802. The van der Waals surface area contributed by atoms with E-state index >= 15 is 0 Å². The van der Waals surface area contributed by atoms with E-state index in [1.807, 2.05) is 0 Å². The molecule has 2 N–H and O–H groups in total. The number of nitrogens with one attached hydrogen (secondary N) is 1. The third-order valence-electron chi connectivity index (χ3n) is 1.79. The van der Waals surface area contributed by atoms with Gasteiger partial charge in [0.1, 0.15) is 4.83 Å². The Morgan fingerprint density at radius 1 is 1.27 bits per heavy atom. The van der Waals surface area contributed by atoms with Crippen molar-refractivity contribution in [3.05, 3.63) is 0 Å². The summed E-state index contributed by atoms with van der Waals surface area (Å²) in [5, 5.41) is 11.7. The molecule has 1 amide bonds. The van der Waals surface area contributed by atoms with E-state index in [-0.39, 0.29) is 17.2 Å². The Hall–Kier alpha value is -0.100. The molecule has 0 bridgehead atoms. The fourth-order valence-electron chi connectivity index (χ4n) is 0.970. The second-order valence-electron chi connectivity index (χ2n) is 3.12. The average molecular weight is 345 g/mol. The molecule has 0 heterocycles. The monoisotopic (exact) mass is 343 g/mol. The maximum Gasteiger partial charge on any atom is 0.303 e. The molecule has 0 aromatic heterocycles. The minimum Gasteiger partial charge on any atom is -0.481 e. The van der Waals surface area contributed by atoms with E-state index in [1.54, 1.807) is 0 Å². The molecule has 0 rings (SSSR count). The molecule has 0 saturated heterocycles. The van der Waals surface area contributed by atoms with Gasteiger partial charge in [-0.15, -0.1) is 0 Å². The Morgan fingerprint density at radius 2 is 1.93 bits per heavy atom. The molecule has 0 aromatic carbocycles. The minimum absolute atomic E-state index is 0.0369. The van der Waals surface area contributed by atoms with Crippen LogP contribution in [0.1, 0.15) is 25.7 Å². The van der Waals surface area contributed by atoms with Crippen LogP contribution in [0.15, 0.2) is 0 Å². The van der Waals surface area contributed by atoms with Gasteiger partial charge in [-0.2, -0.15) is 0 Å². The van der Waals surface area contributed by atoms with Gasteiger partial charge in [0.25, 0.3) is 0 Å². The lowest BCUT2D eigenvalue weighted by Crippen LogP contribution is -2.32. The summed E-state index contributed by atoms with van der Waals surface area (Å²) in [7, 11) is 0. The first-order valence-corrected chi connectivity index (χ1v) is 6.81. The number of hydrogen-bond acceptors (Lipinski definition) is 2. The van der Waals surface area contributed by atoms with Gasteiger partial charge in [-0.05, 0) is 12.8 Å². The molecule has 0 aliphatic rings. The van der Waals surface area contributed by atoms with Crippen LogP contribution in [-0.4, -0.2) is 33.7 Å². The van der Waals surface area contributed by atoms with Crippen molar-refractivity contribution in [2.24, 2.45) is 0 Å². The molecular weight excluding hydrogens is 330 g/mol. The highest BCUT2D eigenvalue weighted by Gasteiger charge is 2.11.